The van der Waals surface area contributed by atoms with Gasteiger partial charge in [-0.15, -0.1) is 0 Å². The molecule has 0 bridgehead atoms. The predicted molar refractivity (Wildman–Crippen MR) is 61.1 cm³/mol. The minimum absolute atomic E-state index is 0.0333. The number of aliphatic hydroxyl groups is 1. The molecular formula is C12H9F6NO3. The maximum absolute atomic E-state index is 12.7. The van der Waals surface area contributed by atoms with Crippen molar-refractivity contribution in [1.82, 2.24) is 0 Å². The van der Waals surface area contributed by atoms with Crippen LogP contribution in [0.1, 0.15) is 11.1 Å². The van der Waals surface area contributed by atoms with Crippen LogP contribution in [0.5, 0.6) is 0 Å². The summed E-state index contributed by atoms with van der Waals surface area (Å²) in [6.07, 6.45) is -12.1. The molecule has 0 radical (unpaired) electrons. The number of amides is 1. The van der Waals surface area contributed by atoms with Crippen molar-refractivity contribution in [3.05, 3.63) is 29.3 Å². The highest BCUT2D eigenvalue weighted by atomic mass is 19.4. The maximum Gasteiger partial charge on any atom is 0.416 e. The number of hydrogen-bond acceptors (Lipinski definition) is 3. The Morgan fingerprint density at radius 1 is 1.09 bits per heavy atom. The van der Waals surface area contributed by atoms with Crippen LogP contribution in [0.25, 0.3) is 0 Å². The predicted octanol–water partition coefficient (Wildman–Crippen LogP) is 3.04. The molecule has 1 unspecified atom stereocenters. The van der Waals surface area contributed by atoms with E-state index in [2.05, 4.69) is 4.74 Å². The van der Waals surface area contributed by atoms with E-state index in [0.29, 0.717) is 17.0 Å². The van der Waals surface area contributed by atoms with Crippen LogP contribution in [0.3, 0.4) is 0 Å². The van der Waals surface area contributed by atoms with Gasteiger partial charge in [0.2, 0.25) is 0 Å². The molecule has 1 aliphatic heterocycles. The number of benzene rings is 1. The minimum Gasteiger partial charge on any atom is -0.441 e. The summed E-state index contributed by atoms with van der Waals surface area (Å²) in [5.41, 5.74) is -3.65. The molecule has 4 nitrogen and oxygen atoms in total. The number of cyclic esters (lactones) is 1. The van der Waals surface area contributed by atoms with E-state index < -0.39 is 48.0 Å². The standard InChI is InChI=1S/C12H9F6NO3/c13-11(14,15)6-1-7(12(16,17)18)3-8(2-6)19-4-9(5-20)22-10(19)21/h1-3,9,20H,4-5H2. The lowest BCUT2D eigenvalue weighted by atomic mass is 10.1. The molecule has 0 saturated carbocycles. The zero-order valence-corrected chi connectivity index (χ0v) is 10.7. The third kappa shape index (κ3) is 3.26. The Kier molecular flexibility index (Phi) is 3.98. The van der Waals surface area contributed by atoms with E-state index in [0.717, 1.165) is 0 Å². The van der Waals surface area contributed by atoms with E-state index in [1.807, 2.05) is 0 Å². The molecule has 1 N–H and O–H groups in total. The van der Waals surface area contributed by atoms with Crippen molar-refractivity contribution >= 4 is 11.8 Å². The first kappa shape index (κ1) is 16.4. The molecule has 1 amide bonds. The number of halogens is 6. The molecule has 1 aromatic carbocycles. The van der Waals surface area contributed by atoms with Crippen molar-refractivity contribution in [3.63, 3.8) is 0 Å². The first-order valence-electron chi connectivity index (χ1n) is 5.91. The topological polar surface area (TPSA) is 49.8 Å². The summed E-state index contributed by atoms with van der Waals surface area (Å²) in [7, 11) is 0. The zero-order chi connectivity index (χ0) is 16.7. The largest absolute Gasteiger partial charge is 0.441 e. The van der Waals surface area contributed by atoms with Crippen LogP contribution in [0.15, 0.2) is 18.2 Å². The van der Waals surface area contributed by atoms with Crippen LogP contribution in [-0.4, -0.2) is 30.5 Å². The normalized spacial score (nSPS) is 19.5. The molecule has 0 spiro atoms. The van der Waals surface area contributed by atoms with Gasteiger partial charge in [0, 0.05) is 5.69 Å². The Morgan fingerprint density at radius 2 is 1.59 bits per heavy atom. The van der Waals surface area contributed by atoms with Gasteiger partial charge in [0.05, 0.1) is 24.3 Å². The van der Waals surface area contributed by atoms with Crippen molar-refractivity contribution in [1.29, 1.82) is 0 Å². The third-order valence-electron chi connectivity index (χ3n) is 2.96. The monoisotopic (exact) mass is 329 g/mol. The third-order valence-corrected chi connectivity index (χ3v) is 2.96. The summed E-state index contributed by atoms with van der Waals surface area (Å²) in [6, 6.07) is 0.820. The van der Waals surface area contributed by atoms with Gasteiger partial charge >= 0.3 is 18.4 Å². The van der Waals surface area contributed by atoms with Gasteiger partial charge in [0.15, 0.2) is 0 Å². The quantitative estimate of drug-likeness (QED) is 0.849. The Balaban J connectivity index is 2.49. The SMILES string of the molecule is O=C1OC(CO)CN1c1cc(C(F)(F)F)cc(C(F)(F)F)c1. The molecule has 1 heterocycles. The number of nitrogens with zero attached hydrogens (tertiary/aromatic N) is 1. The van der Waals surface area contributed by atoms with Crippen molar-refractivity contribution in [2.45, 2.75) is 18.5 Å². The van der Waals surface area contributed by atoms with Crippen LogP contribution in [0.2, 0.25) is 0 Å². The molecule has 0 aliphatic carbocycles. The van der Waals surface area contributed by atoms with Gasteiger partial charge in [-0.05, 0) is 18.2 Å². The fourth-order valence-electron chi connectivity index (χ4n) is 1.92. The molecule has 2 rings (SSSR count). The van der Waals surface area contributed by atoms with E-state index in [9.17, 15) is 31.1 Å². The molecule has 1 aromatic rings. The summed E-state index contributed by atoms with van der Waals surface area (Å²) in [6.45, 7) is -0.929. The second-order valence-electron chi connectivity index (χ2n) is 4.56. The number of carbonyl (C=O) groups is 1. The van der Waals surface area contributed by atoms with Gasteiger partial charge in [-0.25, -0.2) is 4.79 Å². The zero-order valence-electron chi connectivity index (χ0n) is 10.7. The van der Waals surface area contributed by atoms with E-state index >= 15 is 0 Å². The van der Waals surface area contributed by atoms with Crippen LogP contribution >= 0.6 is 0 Å². The molecule has 122 valence electrons. The summed E-state index contributed by atoms with van der Waals surface area (Å²) in [5.74, 6) is 0. The second-order valence-corrected chi connectivity index (χ2v) is 4.56. The molecule has 1 saturated heterocycles. The van der Waals surface area contributed by atoms with Crippen LogP contribution in [0, 0.1) is 0 Å². The van der Waals surface area contributed by atoms with Crippen molar-refractivity contribution in [3.8, 4) is 0 Å². The lowest BCUT2D eigenvalue weighted by Crippen LogP contribution is -2.26. The highest BCUT2D eigenvalue weighted by Gasteiger charge is 2.39. The van der Waals surface area contributed by atoms with Gasteiger partial charge in [-0.2, -0.15) is 26.3 Å². The Bertz CT molecular complexity index is 551. The molecule has 10 heteroatoms. The lowest BCUT2D eigenvalue weighted by molar-refractivity contribution is -0.143. The van der Waals surface area contributed by atoms with Gasteiger partial charge < -0.3 is 9.84 Å². The summed E-state index contributed by atoms with van der Waals surface area (Å²) < 4.78 is 80.9. The summed E-state index contributed by atoms with van der Waals surface area (Å²) in [4.78, 5) is 12.1. The molecule has 1 aliphatic rings. The minimum atomic E-state index is -5.00. The highest BCUT2D eigenvalue weighted by molar-refractivity contribution is 5.90. The van der Waals surface area contributed by atoms with Gasteiger partial charge in [0.1, 0.15) is 6.10 Å². The average Bonchev–Trinajstić information content (AvgIpc) is 2.77. The van der Waals surface area contributed by atoms with E-state index in [-0.39, 0.29) is 12.6 Å². The van der Waals surface area contributed by atoms with Crippen molar-refractivity contribution in [2.75, 3.05) is 18.1 Å². The average molecular weight is 329 g/mol. The molecule has 1 fully saturated rings. The van der Waals surface area contributed by atoms with Crippen LogP contribution < -0.4 is 4.90 Å². The maximum atomic E-state index is 12.7. The molecule has 0 aromatic heterocycles. The number of rotatable bonds is 2. The number of hydrogen-bond donors (Lipinski definition) is 1. The Labute approximate surface area is 119 Å². The van der Waals surface area contributed by atoms with E-state index in [4.69, 9.17) is 5.11 Å². The summed E-state index contributed by atoms with van der Waals surface area (Å²) >= 11 is 0. The first-order valence-corrected chi connectivity index (χ1v) is 5.91. The fraction of sp³-hybridized carbons (Fsp3) is 0.417. The highest BCUT2D eigenvalue weighted by Crippen LogP contribution is 2.39. The van der Waals surface area contributed by atoms with Crippen molar-refractivity contribution < 1.29 is 41.0 Å². The van der Waals surface area contributed by atoms with Gasteiger partial charge in [-0.1, -0.05) is 0 Å². The number of anilines is 1. The number of alkyl halides is 6. The summed E-state index contributed by atoms with van der Waals surface area (Å²) in [5, 5.41) is 8.85. The lowest BCUT2D eigenvalue weighted by Gasteiger charge is -2.18. The number of ether oxygens (including phenoxy) is 1. The van der Waals surface area contributed by atoms with Crippen LogP contribution in [-0.2, 0) is 17.1 Å². The Morgan fingerprint density at radius 3 is 1.95 bits per heavy atom. The fourth-order valence-corrected chi connectivity index (χ4v) is 1.92. The molecular weight excluding hydrogens is 320 g/mol. The van der Waals surface area contributed by atoms with Gasteiger partial charge in [0.25, 0.3) is 0 Å². The number of aliphatic hydroxyl groups excluding tert-OH is 1. The second kappa shape index (κ2) is 5.34. The smallest absolute Gasteiger partial charge is 0.416 e. The first-order chi connectivity index (χ1) is 10.0. The van der Waals surface area contributed by atoms with Crippen LogP contribution in [0.4, 0.5) is 36.8 Å². The van der Waals surface area contributed by atoms with Crippen molar-refractivity contribution in [2.24, 2.45) is 0 Å². The molecule has 22 heavy (non-hydrogen) atoms. The van der Waals surface area contributed by atoms with E-state index in [1.54, 1.807) is 0 Å². The molecule has 1 atom stereocenters. The van der Waals surface area contributed by atoms with Gasteiger partial charge in [-0.3, -0.25) is 4.90 Å². The Hall–Kier alpha value is -1.97. The number of carbonyl (C=O) groups excluding carboxylic acids is 1. The van der Waals surface area contributed by atoms with E-state index in [1.165, 1.54) is 0 Å².